The number of urea groups is 1. The number of hydrogen-bond acceptors (Lipinski definition) is 3. The lowest BCUT2D eigenvalue weighted by molar-refractivity contribution is 0.0698. The van der Waals surface area contributed by atoms with Crippen LogP contribution in [-0.4, -0.2) is 36.9 Å². The SMILES string of the molecule is COCCC(C)NC(=O)Nc1c(Br)cccc1C(=O)O. The van der Waals surface area contributed by atoms with Crippen molar-refractivity contribution >= 4 is 33.6 Å². The number of methoxy groups -OCH3 is 1. The van der Waals surface area contributed by atoms with Gasteiger partial charge in [0.05, 0.1) is 11.3 Å². The summed E-state index contributed by atoms with van der Waals surface area (Å²) in [6.07, 6.45) is 0.672. The molecule has 3 N–H and O–H groups in total. The van der Waals surface area contributed by atoms with Crippen molar-refractivity contribution in [2.24, 2.45) is 0 Å². The van der Waals surface area contributed by atoms with Gasteiger partial charge < -0.3 is 20.5 Å². The molecule has 1 unspecified atom stereocenters. The van der Waals surface area contributed by atoms with Crippen molar-refractivity contribution in [1.29, 1.82) is 0 Å². The molecule has 6 nitrogen and oxygen atoms in total. The molecule has 110 valence electrons. The lowest BCUT2D eigenvalue weighted by Crippen LogP contribution is -2.37. The number of para-hydroxylation sites is 1. The zero-order valence-electron chi connectivity index (χ0n) is 11.3. The average Bonchev–Trinajstić information content (AvgIpc) is 2.38. The van der Waals surface area contributed by atoms with E-state index in [0.717, 1.165) is 0 Å². The van der Waals surface area contributed by atoms with Gasteiger partial charge in [0.2, 0.25) is 0 Å². The van der Waals surface area contributed by atoms with Gasteiger partial charge in [0.15, 0.2) is 0 Å². The van der Waals surface area contributed by atoms with E-state index in [1.54, 1.807) is 19.2 Å². The lowest BCUT2D eigenvalue weighted by atomic mass is 10.2. The Morgan fingerprint density at radius 1 is 1.45 bits per heavy atom. The Bertz CT molecular complexity index is 493. The number of rotatable bonds is 6. The molecule has 1 atom stereocenters. The van der Waals surface area contributed by atoms with Crippen molar-refractivity contribution < 1.29 is 19.4 Å². The molecule has 0 aliphatic heterocycles. The van der Waals surface area contributed by atoms with E-state index in [-0.39, 0.29) is 17.3 Å². The van der Waals surface area contributed by atoms with E-state index in [1.807, 2.05) is 6.92 Å². The van der Waals surface area contributed by atoms with Gasteiger partial charge in [-0.05, 0) is 41.4 Å². The topological polar surface area (TPSA) is 87.7 Å². The highest BCUT2D eigenvalue weighted by atomic mass is 79.9. The maximum absolute atomic E-state index is 11.8. The summed E-state index contributed by atoms with van der Waals surface area (Å²) >= 11 is 3.23. The van der Waals surface area contributed by atoms with Gasteiger partial charge in [-0.3, -0.25) is 0 Å². The molecule has 0 heterocycles. The second-order valence-electron chi connectivity index (χ2n) is 4.25. The average molecular weight is 345 g/mol. The van der Waals surface area contributed by atoms with E-state index in [9.17, 15) is 9.59 Å². The first-order chi connectivity index (χ1) is 9.45. The first kappa shape index (κ1) is 16.5. The summed E-state index contributed by atoms with van der Waals surface area (Å²) in [6, 6.07) is 4.15. The van der Waals surface area contributed by atoms with Crippen molar-refractivity contribution in [1.82, 2.24) is 5.32 Å². The summed E-state index contributed by atoms with van der Waals surface area (Å²) in [5.74, 6) is -1.10. The van der Waals surface area contributed by atoms with Crippen LogP contribution in [0.15, 0.2) is 22.7 Å². The monoisotopic (exact) mass is 344 g/mol. The summed E-state index contributed by atoms with van der Waals surface area (Å²) in [5, 5.41) is 14.4. The second kappa shape index (κ2) is 7.86. The number of benzene rings is 1. The molecule has 0 saturated heterocycles. The largest absolute Gasteiger partial charge is 0.478 e. The van der Waals surface area contributed by atoms with Gasteiger partial charge in [0.1, 0.15) is 0 Å². The normalized spacial score (nSPS) is 11.8. The van der Waals surface area contributed by atoms with E-state index >= 15 is 0 Å². The second-order valence-corrected chi connectivity index (χ2v) is 5.10. The molecule has 2 amide bonds. The Balaban J connectivity index is 2.73. The van der Waals surface area contributed by atoms with E-state index < -0.39 is 12.0 Å². The quantitative estimate of drug-likeness (QED) is 0.740. The maximum atomic E-state index is 11.8. The van der Waals surface area contributed by atoms with Crippen LogP contribution in [0.1, 0.15) is 23.7 Å². The molecule has 1 aromatic rings. The zero-order chi connectivity index (χ0) is 15.1. The zero-order valence-corrected chi connectivity index (χ0v) is 12.9. The molecule has 0 saturated carbocycles. The van der Waals surface area contributed by atoms with E-state index in [4.69, 9.17) is 9.84 Å². The van der Waals surface area contributed by atoms with Gasteiger partial charge in [-0.25, -0.2) is 9.59 Å². The fourth-order valence-electron chi connectivity index (χ4n) is 1.57. The fraction of sp³-hybridized carbons (Fsp3) is 0.385. The molecule has 1 rings (SSSR count). The summed E-state index contributed by atoms with van der Waals surface area (Å²) in [4.78, 5) is 22.9. The molecule has 0 aromatic heterocycles. The van der Waals surface area contributed by atoms with Crippen LogP contribution in [0.25, 0.3) is 0 Å². The van der Waals surface area contributed by atoms with Crippen LogP contribution in [0.4, 0.5) is 10.5 Å². The number of anilines is 1. The van der Waals surface area contributed by atoms with Crippen LogP contribution in [-0.2, 0) is 4.74 Å². The predicted molar refractivity (Wildman–Crippen MR) is 79.2 cm³/mol. The molecule has 0 aliphatic carbocycles. The number of carbonyl (C=O) groups excluding carboxylic acids is 1. The highest BCUT2D eigenvalue weighted by molar-refractivity contribution is 9.10. The lowest BCUT2D eigenvalue weighted by Gasteiger charge is -2.15. The molecular formula is C13H17BrN2O4. The molecule has 0 spiro atoms. The summed E-state index contributed by atoms with van der Waals surface area (Å²) in [5.41, 5.74) is 0.260. The Morgan fingerprint density at radius 2 is 2.15 bits per heavy atom. The van der Waals surface area contributed by atoms with Gasteiger partial charge >= 0.3 is 12.0 Å². The number of nitrogens with one attached hydrogen (secondary N) is 2. The third-order valence-electron chi connectivity index (χ3n) is 2.62. The van der Waals surface area contributed by atoms with Crippen LogP contribution in [0.2, 0.25) is 0 Å². The Hall–Kier alpha value is -1.60. The van der Waals surface area contributed by atoms with Crippen molar-refractivity contribution in [2.75, 3.05) is 19.0 Å². The van der Waals surface area contributed by atoms with Gasteiger partial charge in [-0.15, -0.1) is 0 Å². The minimum Gasteiger partial charge on any atom is -0.478 e. The number of aromatic carboxylic acids is 1. The van der Waals surface area contributed by atoms with Gasteiger partial charge in [-0.2, -0.15) is 0 Å². The molecule has 0 radical (unpaired) electrons. The minimum atomic E-state index is -1.10. The number of carbonyl (C=O) groups is 2. The number of amides is 2. The van der Waals surface area contributed by atoms with E-state index in [2.05, 4.69) is 26.6 Å². The number of halogens is 1. The molecule has 0 fully saturated rings. The van der Waals surface area contributed by atoms with Crippen LogP contribution in [0.3, 0.4) is 0 Å². The van der Waals surface area contributed by atoms with Crippen LogP contribution in [0, 0.1) is 0 Å². The molecule has 7 heteroatoms. The van der Waals surface area contributed by atoms with Crippen LogP contribution >= 0.6 is 15.9 Å². The first-order valence-electron chi connectivity index (χ1n) is 6.04. The number of carboxylic acids is 1. The minimum absolute atomic E-state index is 0.0269. The predicted octanol–water partition coefficient (Wildman–Crippen LogP) is 2.69. The van der Waals surface area contributed by atoms with Gasteiger partial charge in [0, 0.05) is 24.2 Å². The molecular weight excluding hydrogens is 328 g/mol. The smallest absolute Gasteiger partial charge is 0.337 e. The number of carboxylic acid groups (broad SMARTS) is 1. The Morgan fingerprint density at radius 3 is 2.75 bits per heavy atom. The van der Waals surface area contributed by atoms with Crippen LogP contribution in [0.5, 0.6) is 0 Å². The maximum Gasteiger partial charge on any atom is 0.337 e. The Labute approximate surface area is 125 Å². The molecule has 0 bridgehead atoms. The highest BCUT2D eigenvalue weighted by Crippen LogP contribution is 2.26. The third-order valence-corrected chi connectivity index (χ3v) is 3.28. The van der Waals surface area contributed by atoms with E-state index in [0.29, 0.717) is 17.5 Å². The fourth-order valence-corrected chi connectivity index (χ4v) is 2.03. The number of ether oxygens (including phenoxy) is 1. The third kappa shape index (κ3) is 4.82. The summed E-state index contributed by atoms with van der Waals surface area (Å²) in [7, 11) is 1.59. The first-order valence-corrected chi connectivity index (χ1v) is 6.83. The van der Waals surface area contributed by atoms with Gasteiger partial charge in [-0.1, -0.05) is 6.07 Å². The number of hydrogen-bond donors (Lipinski definition) is 3. The standard InChI is InChI=1S/C13H17BrN2O4/c1-8(6-7-20-2)15-13(19)16-11-9(12(17)18)4-3-5-10(11)14/h3-5,8H,6-7H2,1-2H3,(H,17,18)(H2,15,16,19). The highest BCUT2D eigenvalue weighted by Gasteiger charge is 2.16. The van der Waals surface area contributed by atoms with Crippen molar-refractivity contribution in [2.45, 2.75) is 19.4 Å². The van der Waals surface area contributed by atoms with Crippen LogP contribution < -0.4 is 10.6 Å². The molecule has 0 aliphatic rings. The summed E-state index contributed by atoms with van der Waals surface area (Å²) < 4.78 is 5.44. The van der Waals surface area contributed by atoms with Crippen molar-refractivity contribution in [3.63, 3.8) is 0 Å². The van der Waals surface area contributed by atoms with Gasteiger partial charge in [0.25, 0.3) is 0 Å². The Kier molecular flexibility index (Phi) is 6.47. The summed E-state index contributed by atoms with van der Waals surface area (Å²) in [6.45, 7) is 2.38. The molecule has 1 aromatic carbocycles. The van der Waals surface area contributed by atoms with E-state index in [1.165, 1.54) is 6.07 Å². The van der Waals surface area contributed by atoms with Crippen molar-refractivity contribution in [3.05, 3.63) is 28.2 Å². The van der Waals surface area contributed by atoms with Crippen molar-refractivity contribution in [3.8, 4) is 0 Å². The molecule has 20 heavy (non-hydrogen) atoms.